The molecule has 0 atom stereocenters. The molecule has 0 unspecified atom stereocenters. The second-order valence-electron chi connectivity index (χ2n) is 6.93. The second kappa shape index (κ2) is 9.97. The van der Waals surface area contributed by atoms with Gasteiger partial charge in [0.2, 0.25) is 5.13 Å². The summed E-state index contributed by atoms with van der Waals surface area (Å²) >= 11 is 1.42. The Morgan fingerprint density at radius 1 is 1.07 bits per heavy atom. The molecule has 0 saturated heterocycles. The van der Waals surface area contributed by atoms with Crippen LogP contribution in [0.4, 0.5) is 5.13 Å². The van der Waals surface area contributed by atoms with Crippen molar-refractivity contribution in [2.24, 2.45) is 16.5 Å². The molecular weight excluding hydrogens is 384 g/mol. The monoisotopic (exact) mass is 410 g/mol. The molecule has 152 valence electrons. The lowest BCUT2D eigenvalue weighted by Crippen LogP contribution is -2.21. The van der Waals surface area contributed by atoms with E-state index in [-0.39, 0.29) is 11.5 Å². The van der Waals surface area contributed by atoms with Gasteiger partial charge in [0, 0.05) is 23.1 Å². The Labute approximate surface area is 174 Å². The number of thiazole rings is 1. The first-order valence-electron chi connectivity index (χ1n) is 9.68. The van der Waals surface area contributed by atoms with Crippen LogP contribution in [-0.2, 0) is 25.7 Å². The van der Waals surface area contributed by atoms with E-state index < -0.39 is 0 Å². The number of nitrogens with two attached hydrogens (primary N) is 2. The van der Waals surface area contributed by atoms with Gasteiger partial charge in [-0.2, -0.15) is 4.99 Å². The number of unbranched alkanes of at least 4 members (excludes halogenated alkanes) is 1. The first kappa shape index (κ1) is 20.7. The summed E-state index contributed by atoms with van der Waals surface area (Å²) in [4.78, 5) is 28.4. The van der Waals surface area contributed by atoms with Gasteiger partial charge in [-0.1, -0.05) is 30.3 Å². The second-order valence-corrected chi connectivity index (χ2v) is 7.76. The maximum Gasteiger partial charge on any atom is 0.254 e. The van der Waals surface area contributed by atoms with E-state index in [0.717, 1.165) is 54.9 Å². The van der Waals surface area contributed by atoms with Gasteiger partial charge in [-0.25, -0.2) is 9.97 Å². The number of aromatic amines is 1. The highest BCUT2D eigenvalue weighted by Gasteiger charge is 2.09. The number of aromatic nitrogens is 3. The number of guanidine groups is 1. The molecule has 2 aromatic heterocycles. The molecule has 0 aliphatic rings. The molecule has 0 spiro atoms. The predicted octanol–water partition coefficient (Wildman–Crippen LogP) is 2.79. The van der Waals surface area contributed by atoms with Crippen LogP contribution in [0.25, 0.3) is 0 Å². The number of aryl methyl sites for hydroxylation is 4. The van der Waals surface area contributed by atoms with Crippen LogP contribution >= 0.6 is 11.3 Å². The number of H-pyrrole nitrogens is 1. The third kappa shape index (κ3) is 6.25. The SMILES string of the molecule is Cc1nc(CCCCc2csc(N=C(N)N)n2)[nH]c(=O)c1CCc1ccccc1. The van der Waals surface area contributed by atoms with Crippen LogP contribution in [0.3, 0.4) is 0 Å². The summed E-state index contributed by atoms with van der Waals surface area (Å²) in [5.41, 5.74) is 14.5. The van der Waals surface area contributed by atoms with Gasteiger partial charge in [0.1, 0.15) is 5.82 Å². The fraction of sp³-hybridized carbons (Fsp3) is 0.333. The maximum atomic E-state index is 12.5. The van der Waals surface area contributed by atoms with Gasteiger partial charge in [0.25, 0.3) is 5.56 Å². The van der Waals surface area contributed by atoms with E-state index in [9.17, 15) is 4.79 Å². The van der Waals surface area contributed by atoms with E-state index in [1.165, 1.54) is 16.9 Å². The highest BCUT2D eigenvalue weighted by Crippen LogP contribution is 2.19. The number of nitrogens with zero attached hydrogens (tertiary/aromatic N) is 3. The van der Waals surface area contributed by atoms with Crippen molar-refractivity contribution in [3.8, 4) is 0 Å². The molecule has 0 saturated carbocycles. The maximum absolute atomic E-state index is 12.5. The third-order valence-corrected chi connectivity index (χ3v) is 5.42. The van der Waals surface area contributed by atoms with Crippen LogP contribution in [-0.4, -0.2) is 20.9 Å². The van der Waals surface area contributed by atoms with Crippen molar-refractivity contribution in [2.75, 3.05) is 0 Å². The van der Waals surface area contributed by atoms with E-state index in [4.69, 9.17) is 11.5 Å². The Balaban J connectivity index is 1.50. The largest absolute Gasteiger partial charge is 0.370 e. The van der Waals surface area contributed by atoms with E-state index in [2.05, 4.69) is 32.1 Å². The summed E-state index contributed by atoms with van der Waals surface area (Å²) in [6, 6.07) is 10.2. The molecule has 2 heterocycles. The number of hydrogen-bond acceptors (Lipinski definition) is 5. The van der Waals surface area contributed by atoms with Gasteiger partial charge in [-0.05, 0) is 44.6 Å². The zero-order valence-electron chi connectivity index (χ0n) is 16.5. The van der Waals surface area contributed by atoms with Crippen molar-refractivity contribution in [1.29, 1.82) is 0 Å². The average molecular weight is 411 g/mol. The van der Waals surface area contributed by atoms with Gasteiger partial charge in [0.15, 0.2) is 5.96 Å². The first-order valence-corrected chi connectivity index (χ1v) is 10.6. The van der Waals surface area contributed by atoms with Crippen molar-refractivity contribution in [3.63, 3.8) is 0 Å². The molecule has 1 aromatic carbocycles. The first-order chi connectivity index (χ1) is 14.0. The van der Waals surface area contributed by atoms with Crippen LogP contribution in [0, 0.1) is 6.92 Å². The summed E-state index contributed by atoms with van der Waals surface area (Å²) in [6.45, 7) is 1.92. The van der Waals surface area contributed by atoms with Crippen molar-refractivity contribution in [1.82, 2.24) is 15.0 Å². The number of aliphatic imine (C=N–C) groups is 1. The van der Waals surface area contributed by atoms with Crippen molar-refractivity contribution in [2.45, 2.75) is 45.4 Å². The van der Waals surface area contributed by atoms with Crippen LogP contribution in [0.1, 0.15) is 41.2 Å². The Morgan fingerprint density at radius 3 is 2.55 bits per heavy atom. The zero-order chi connectivity index (χ0) is 20.6. The number of rotatable bonds is 9. The van der Waals surface area contributed by atoms with Crippen molar-refractivity contribution < 1.29 is 0 Å². The Bertz CT molecular complexity index is 1020. The topological polar surface area (TPSA) is 123 Å². The molecule has 5 N–H and O–H groups in total. The fourth-order valence-electron chi connectivity index (χ4n) is 3.17. The van der Waals surface area contributed by atoms with Crippen LogP contribution < -0.4 is 17.0 Å². The predicted molar refractivity (Wildman–Crippen MR) is 118 cm³/mol. The lowest BCUT2D eigenvalue weighted by molar-refractivity contribution is 0.691. The Kier molecular flexibility index (Phi) is 7.13. The standard InChI is InChI=1S/C21H26N6OS/c1-14-17(12-11-15-7-3-2-4-8-15)19(28)26-18(24-14)10-6-5-9-16-13-29-21(25-16)27-20(22)23/h2-4,7-8,13H,5-6,9-12H2,1H3,(H,24,26,28)(H4,22,23,25,27). The smallest absolute Gasteiger partial charge is 0.254 e. The van der Waals surface area contributed by atoms with Crippen LogP contribution in [0.2, 0.25) is 0 Å². The Morgan fingerprint density at radius 2 is 1.83 bits per heavy atom. The number of hydrogen-bond donors (Lipinski definition) is 3. The molecule has 7 nitrogen and oxygen atoms in total. The zero-order valence-corrected chi connectivity index (χ0v) is 17.3. The van der Waals surface area contributed by atoms with E-state index >= 15 is 0 Å². The molecule has 0 fully saturated rings. The fourth-order valence-corrected chi connectivity index (χ4v) is 3.91. The molecule has 0 aliphatic heterocycles. The molecule has 0 bridgehead atoms. The van der Waals surface area contributed by atoms with Gasteiger partial charge < -0.3 is 16.5 Å². The van der Waals surface area contributed by atoms with E-state index in [0.29, 0.717) is 11.6 Å². The minimum atomic E-state index is -0.0233. The van der Waals surface area contributed by atoms with Crippen molar-refractivity contribution in [3.05, 3.63) is 74.4 Å². The molecule has 29 heavy (non-hydrogen) atoms. The lowest BCUT2D eigenvalue weighted by atomic mass is 10.0. The van der Waals surface area contributed by atoms with Gasteiger partial charge in [0.05, 0.1) is 5.69 Å². The third-order valence-electron chi connectivity index (χ3n) is 4.64. The lowest BCUT2D eigenvalue weighted by Gasteiger charge is -2.07. The summed E-state index contributed by atoms with van der Waals surface area (Å²) in [7, 11) is 0. The summed E-state index contributed by atoms with van der Waals surface area (Å²) < 4.78 is 0. The molecular formula is C21H26N6OS. The highest BCUT2D eigenvalue weighted by atomic mass is 32.1. The van der Waals surface area contributed by atoms with Gasteiger partial charge in [-0.15, -0.1) is 11.3 Å². The normalized spacial score (nSPS) is 10.8. The average Bonchev–Trinajstić information content (AvgIpc) is 3.12. The quantitative estimate of drug-likeness (QED) is 0.284. The number of nitrogens with one attached hydrogen (secondary N) is 1. The highest BCUT2D eigenvalue weighted by molar-refractivity contribution is 7.13. The van der Waals surface area contributed by atoms with Crippen LogP contribution in [0.15, 0.2) is 45.5 Å². The summed E-state index contributed by atoms with van der Waals surface area (Å²) in [6.07, 6.45) is 4.97. The Hall–Kier alpha value is -3.00. The molecule has 8 heteroatoms. The van der Waals surface area contributed by atoms with Gasteiger partial charge in [-0.3, -0.25) is 4.79 Å². The summed E-state index contributed by atoms with van der Waals surface area (Å²) in [5, 5.41) is 2.54. The minimum Gasteiger partial charge on any atom is -0.370 e. The molecule has 0 amide bonds. The minimum absolute atomic E-state index is 0.0171. The van der Waals surface area contributed by atoms with Gasteiger partial charge >= 0.3 is 0 Å². The van der Waals surface area contributed by atoms with E-state index in [1.54, 1.807) is 0 Å². The van der Waals surface area contributed by atoms with Crippen LogP contribution in [0.5, 0.6) is 0 Å². The molecule has 0 aliphatic carbocycles. The molecule has 0 radical (unpaired) electrons. The van der Waals surface area contributed by atoms with E-state index in [1.807, 2.05) is 30.5 Å². The molecule has 3 rings (SSSR count). The summed E-state index contributed by atoms with van der Waals surface area (Å²) in [5.74, 6) is 0.763. The number of benzene rings is 1. The molecule has 3 aromatic rings. The van der Waals surface area contributed by atoms with Crippen molar-refractivity contribution >= 4 is 22.4 Å².